The van der Waals surface area contributed by atoms with E-state index in [0.717, 1.165) is 58.2 Å². The van der Waals surface area contributed by atoms with Gasteiger partial charge in [0.1, 0.15) is 5.78 Å². The number of hydrogen-bond acceptors (Lipinski definition) is 3. The molecule has 4 aliphatic carbocycles. The highest BCUT2D eigenvalue weighted by atomic mass is 16.5. The van der Waals surface area contributed by atoms with E-state index in [-0.39, 0.29) is 10.8 Å². The van der Waals surface area contributed by atoms with Gasteiger partial charge >= 0.3 is 0 Å². The van der Waals surface area contributed by atoms with Crippen LogP contribution in [0.1, 0.15) is 65.2 Å². The van der Waals surface area contributed by atoms with Gasteiger partial charge in [-0.15, -0.1) is 0 Å². The van der Waals surface area contributed by atoms with Crippen molar-refractivity contribution in [1.82, 2.24) is 0 Å². The molecule has 0 bridgehead atoms. The van der Waals surface area contributed by atoms with Crippen molar-refractivity contribution in [3.05, 3.63) is 11.6 Å². The Bertz CT molecular complexity index is 592. The molecule has 0 saturated heterocycles. The van der Waals surface area contributed by atoms with Crippen LogP contribution in [-0.2, 0) is 14.3 Å². The minimum Gasteiger partial charge on any atom is -0.381 e. The topological polar surface area (TPSA) is 43.4 Å². The predicted octanol–water partition coefficient (Wildman–Crippen LogP) is 4.10. The maximum absolute atomic E-state index is 12.5. The number of carbonyl (C=O) groups is 2. The average molecular weight is 330 g/mol. The van der Waals surface area contributed by atoms with Crippen molar-refractivity contribution in [3.63, 3.8) is 0 Å². The highest BCUT2D eigenvalue weighted by molar-refractivity contribution is 5.91. The standard InChI is InChI=1S/C21H30O3/c1-3-24-13-21-11-8-15(22)12-14(21)4-5-16-17-6-7-19(23)20(17,2)10-9-18(16)21/h12,16-18H,3-11,13H2,1-2H3. The molecule has 3 heteroatoms. The van der Waals surface area contributed by atoms with E-state index in [4.69, 9.17) is 4.74 Å². The highest BCUT2D eigenvalue weighted by Gasteiger charge is 2.60. The molecule has 0 amide bonds. The van der Waals surface area contributed by atoms with E-state index >= 15 is 0 Å². The van der Waals surface area contributed by atoms with Crippen LogP contribution < -0.4 is 0 Å². The zero-order chi connectivity index (χ0) is 16.9. The Morgan fingerprint density at radius 3 is 2.71 bits per heavy atom. The van der Waals surface area contributed by atoms with Crippen molar-refractivity contribution in [1.29, 1.82) is 0 Å². The van der Waals surface area contributed by atoms with Crippen LogP contribution in [0.5, 0.6) is 0 Å². The molecule has 0 aromatic carbocycles. The molecule has 3 saturated carbocycles. The second kappa shape index (κ2) is 5.79. The van der Waals surface area contributed by atoms with Crippen LogP contribution in [-0.4, -0.2) is 24.8 Å². The zero-order valence-electron chi connectivity index (χ0n) is 15.1. The second-order valence-electron chi connectivity index (χ2n) is 8.76. The lowest BCUT2D eigenvalue weighted by Gasteiger charge is -2.57. The first-order valence-corrected chi connectivity index (χ1v) is 9.86. The van der Waals surface area contributed by atoms with Crippen LogP contribution in [0.25, 0.3) is 0 Å². The van der Waals surface area contributed by atoms with Crippen molar-refractivity contribution >= 4 is 11.6 Å². The fourth-order valence-corrected chi connectivity index (χ4v) is 6.69. The predicted molar refractivity (Wildman–Crippen MR) is 92.5 cm³/mol. The summed E-state index contributed by atoms with van der Waals surface area (Å²) in [6.07, 6.45) is 9.78. The van der Waals surface area contributed by atoms with Gasteiger partial charge < -0.3 is 4.74 Å². The molecule has 4 aliphatic rings. The summed E-state index contributed by atoms with van der Waals surface area (Å²) in [6, 6.07) is 0. The lowest BCUT2D eigenvalue weighted by molar-refractivity contribution is -0.134. The molecule has 3 nitrogen and oxygen atoms in total. The van der Waals surface area contributed by atoms with Gasteiger partial charge in [0.25, 0.3) is 0 Å². The Labute approximate surface area is 145 Å². The molecule has 3 fully saturated rings. The molecule has 24 heavy (non-hydrogen) atoms. The first kappa shape index (κ1) is 16.5. The van der Waals surface area contributed by atoms with E-state index in [1.807, 2.05) is 6.08 Å². The fourth-order valence-electron chi connectivity index (χ4n) is 6.69. The molecule has 0 heterocycles. The lowest BCUT2D eigenvalue weighted by atomic mass is 9.47. The number of hydrogen-bond donors (Lipinski definition) is 0. The normalized spacial score (nSPS) is 44.6. The third-order valence-electron chi connectivity index (χ3n) is 7.96. The van der Waals surface area contributed by atoms with Crippen LogP contribution in [0.3, 0.4) is 0 Å². The van der Waals surface area contributed by atoms with Crippen LogP contribution in [0.15, 0.2) is 11.6 Å². The van der Waals surface area contributed by atoms with Crippen molar-refractivity contribution in [2.45, 2.75) is 65.2 Å². The number of fused-ring (bicyclic) bond motifs is 5. The quantitative estimate of drug-likeness (QED) is 0.782. The molecule has 0 spiro atoms. The van der Waals surface area contributed by atoms with Crippen molar-refractivity contribution in [3.8, 4) is 0 Å². The van der Waals surface area contributed by atoms with Gasteiger partial charge in [0.15, 0.2) is 5.78 Å². The van der Waals surface area contributed by atoms with Gasteiger partial charge in [-0.3, -0.25) is 9.59 Å². The van der Waals surface area contributed by atoms with Gasteiger partial charge in [0.2, 0.25) is 0 Å². The van der Waals surface area contributed by atoms with E-state index < -0.39 is 0 Å². The molecule has 132 valence electrons. The molecule has 0 N–H and O–H groups in total. The number of Topliss-reactive ketones (excluding diaryl/α,β-unsaturated/α-hetero) is 1. The monoisotopic (exact) mass is 330 g/mol. The Morgan fingerprint density at radius 2 is 1.92 bits per heavy atom. The van der Waals surface area contributed by atoms with E-state index in [0.29, 0.717) is 35.7 Å². The van der Waals surface area contributed by atoms with Crippen molar-refractivity contribution in [2.24, 2.45) is 28.6 Å². The molecular formula is C21H30O3. The lowest BCUT2D eigenvalue weighted by Crippen LogP contribution is -2.53. The summed E-state index contributed by atoms with van der Waals surface area (Å²) in [5, 5.41) is 0. The first-order valence-electron chi connectivity index (χ1n) is 9.86. The van der Waals surface area contributed by atoms with Gasteiger partial charge in [-0.25, -0.2) is 0 Å². The SMILES string of the molecule is CCOCC12CCC(=O)C=C1CCC1C3CCC(=O)C3(C)CCC12. The van der Waals surface area contributed by atoms with Crippen LogP contribution in [0.4, 0.5) is 0 Å². The molecule has 0 aromatic rings. The summed E-state index contributed by atoms with van der Waals surface area (Å²) in [4.78, 5) is 24.5. The van der Waals surface area contributed by atoms with Crippen molar-refractivity contribution < 1.29 is 14.3 Å². The number of ether oxygens (including phenoxy) is 1. The smallest absolute Gasteiger partial charge is 0.155 e. The summed E-state index contributed by atoms with van der Waals surface area (Å²) in [5.41, 5.74) is 1.36. The van der Waals surface area contributed by atoms with Gasteiger partial charge in [-0.05, 0) is 69.3 Å². The van der Waals surface area contributed by atoms with E-state index in [1.54, 1.807) is 0 Å². The first-order chi connectivity index (χ1) is 11.5. The van der Waals surface area contributed by atoms with Crippen molar-refractivity contribution in [2.75, 3.05) is 13.2 Å². The van der Waals surface area contributed by atoms with E-state index in [2.05, 4.69) is 13.8 Å². The molecule has 0 aromatic heterocycles. The Morgan fingerprint density at radius 1 is 1.08 bits per heavy atom. The fraction of sp³-hybridized carbons (Fsp3) is 0.810. The molecule has 0 aliphatic heterocycles. The van der Waals surface area contributed by atoms with Gasteiger partial charge in [-0.1, -0.05) is 12.5 Å². The Kier molecular flexibility index (Phi) is 3.98. The number of rotatable bonds is 3. The highest BCUT2D eigenvalue weighted by Crippen LogP contribution is 2.64. The summed E-state index contributed by atoms with van der Waals surface area (Å²) in [5.74, 6) is 2.60. The number of ketones is 2. The van der Waals surface area contributed by atoms with Gasteiger partial charge in [0.05, 0.1) is 6.61 Å². The van der Waals surface area contributed by atoms with E-state index in [1.165, 1.54) is 5.57 Å². The zero-order valence-corrected chi connectivity index (χ0v) is 15.1. The Hall–Kier alpha value is -0.960. The molecule has 5 unspecified atom stereocenters. The number of carbonyl (C=O) groups excluding carboxylic acids is 2. The average Bonchev–Trinajstić information content (AvgIpc) is 2.88. The molecule has 5 atom stereocenters. The van der Waals surface area contributed by atoms with Crippen LogP contribution in [0, 0.1) is 28.6 Å². The summed E-state index contributed by atoms with van der Waals surface area (Å²) >= 11 is 0. The van der Waals surface area contributed by atoms with Gasteiger partial charge in [0, 0.05) is 30.3 Å². The minimum atomic E-state index is -0.0698. The third kappa shape index (κ3) is 2.20. The minimum absolute atomic E-state index is 0.0693. The van der Waals surface area contributed by atoms with Crippen LogP contribution >= 0.6 is 0 Å². The molecular weight excluding hydrogens is 300 g/mol. The summed E-state index contributed by atoms with van der Waals surface area (Å²) in [6.45, 7) is 5.79. The molecule has 0 radical (unpaired) electrons. The second-order valence-corrected chi connectivity index (χ2v) is 8.76. The largest absolute Gasteiger partial charge is 0.381 e. The summed E-state index contributed by atoms with van der Waals surface area (Å²) in [7, 11) is 0. The van der Waals surface area contributed by atoms with Crippen LogP contribution in [0.2, 0.25) is 0 Å². The Balaban J connectivity index is 1.70. The molecule has 4 rings (SSSR count). The van der Waals surface area contributed by atoms with E-state index in [9.17, 15) is 9.59 Å². The maximum atomic E-state index is 12.5. The third-order valence-corrected chi connectivity index (χ3v) is 7.96. The maximum Gasteiger partial charge on any atom is 0.155 e. The van der Waals surface area contributed by atoms with Gasteiger partial charge in [-0.2, -0.15) is 0 Å². The summed E-state index contributed by atoms with van der Waals surface area (Å²) < 4.78 is 5.96.